The third-order valence-electron chi connectivity index (χ3n) is 3.17. The zero-order valence-corrected chi connectivity index (χ0v) is 14.2. The topological polar surface area (TPSA) is 58.3 Å². The first-order valence-corrected chi connectivity index (χ1v) is 7.63. The van der Waals surface area contributed by atoms with Crippen molar-refractivity contribution in [2.45, 2.75) is 20.8 Å². The van der Waals surface area contributed by atoms with Crippen LogP contribution in [0.1, 0.15) is 26.5 Å². The lowest BCUT2D eigenvalue weighted by atomic mass is 10.1. The van der Waals surface area contributed by atoms with Gasteiger partial charge in [0.1, 0.15) is 11.5 Å². The number of allylic oxidation sites excluding steroid dienone is 4. The van der Waals surface area contributed by atoms with E-state index in [0.717, 1.165) is 17.1 Å². The summed E-state index contributed by atoms with van der Waals surface area (Å²) in [4.78, 5) is 8.81. The number of ether oxygens (including phenoxy) is 1. The molecule has 122 valence electrons. The fourth-order valence-electron chi connectivity index (χ4n) is 2.03. The molecule has 0 spiro atoms. The van der Waals surface area contributed by atoms with Gasteiger partial charge in [-0.1, -0.05) is 35.9 Å². The summed E-state index contributed by atoms with van der Waals surface area (Å²) in [5.41, 5.74) is 3.04. The predicted molar refractivity (Wildman–Crippen MR) is 100 cm³/mol. The molecule has 1 heterocycles. The highest BCUT2D eigenvalue weighted by molar-refractivity contribution is 6.37. The van der Waals surface area contributed by atoms with Crippen molar-refractivity contribution in [3.63, 3.8) is 0 Å². The maximum atomic E-state index is 7.60. The van der Waals surface area contributed by atoms with Gasteiger partial charge in [-0.25, -0.2) is 9.98 Å². The number of para-hydroxylation sites is 1. The molecule has 1 N–H and O–H groups in total. The second kappa shape index (κ2) is 8.02. The summed E-state index contributed by atoms with van der Waals surface area (Å²) in [6.07, 6.45) is 4.96. The van der Waals surface area contributed by atoms with E-state index in [-0.39, 0.29) is 5.88 Å². The normalized spacial score (nSPS) is 12.0. The molecule has 0 bridgehead atoms. The first-order valence-electron chi connectivity index (χ1n) is 7.63. The molecule has 1 aromatic carbocycles. The maximum Gasteiger partial charge on any atom is 0.212 e. The summed E-state index contributed by atoms with van der Waals surface area (Å²) >= 11 is 0. The van der Waals surface area contributed by atoms with Crippen LogP contribution in [-0.4, -0.2) is 16.9 Å². The van der Waals surface area contributed by atoms with E-state index in [2.05, 4.69) is 16.6 Å². The lowest BCUT2D eigenvalue weighted by molar-refractivity contribution is 0.306. The quantitative estimate of drug-likeness (QED) is 0.461. The van der Waals surface area contributed by atoms with Crippen molar-refractivity contribution in [2.24, 2.45) is 4.99 Å². The average Bonchev–Trinajstić information content (AvgIpc) is 2.57. The maximum absolute atomic E-state index is 7.60. The van der Waals surface area contributed by atoms with E-state index >= 15 is 0 Å². The molecule has 1 aromatic heterocycles. The Balaban J connectivity index is 2.24. The van der Waals surface area contributed by atoms with Crippen molar-refractivity contribution in [1.29, 1.82) is 5.41 Å². The van der Waals surface area contributed by atoms with Gasteiger partial charge in [-0.3, -0.25) is 0 Å². The average molecular weight is 319 g/mol. The van der Waals surface area contributed by atoms with Gasteiger partial charge in [0.15, 0.2) is 0 Å². The van der Waals surface area contributed by atoms with Crippen molar-refractivity contribution in [3.8, 4) is 0 Å². The number of benzene rings is 1. The minimum Gasteiger partial charge on any atom is -0.444 e. The molecule has 2 aromatic rings. The largest absolute Gasteiger partial charge is 0.444 e. The number of fused-ring (bicyclic) bond motifs is 1. The van der Waals surface area contributed by atoms with Crippen LogP contribution in [0.15, 0.2) is 77.3 Å². The molecule has 4 nitrogen and oxygen atoms in total. The summed E-state index contributed by atoms with van der Waals surface area (Å²) in [6, 6.07) is 11.6. The monoisotopic (exact) mass is 319 g/mol. The zero-order valence-electron chi connectivity index (χ0n) is 14.2. The molecule has 0 aliphatic rings. The van der Waals surface area contributed by atoms with Crippen LogP contribution in [0, 0.1) is 5.41 Å². The number of hydrogen-bond donors (Lipinski definition) is 1. The number of rotatable bonds is 6. The van der Waals surface area contributed by atoms with Crippen molar-refractivity contribution in [2.75, 3.05) is 0 Å². The predicted octanol–water partition coefficient (Wildman–Crippen LogP) is 5.03. The highest BCUT2D eigenvalue weighted by Gasteiger charge is 2.05. The Morgan fingerprint density at radius 3 is 2.58 bits per heavy atom. The molecular formula is C20H21N3O. The van der Waals surface area contributed by atoms with E-state index < -0.39 is 0 Å². The zero-order chi connectivity index (χ0) is 17.5. The van der Waals surface area contributed by atoms with Gasteiger partial charge < -0.3 is 10.1 Å². The second-order valence-electron chi connectivity index (χ2n) is 5.55. The number of aromatic nitrogens is 1. The van der Waals surface area contributed by atoms with E-state index in [1.807, 2.05) is 69.3 Å². The van der Waals surface area contributed by atoms with Gasteiger partial charge in [0.25, 0.3) is 0 Å². The summed E-state index contributed by atoms with van der Waals surface area (Å²) < 4.78 is 5.55. The van der Waals surface area contributed by atoms with Crippen LogP contribution < -0.4 is 0 Å². The smallest absolute Gasteiger partial charge is 0.212 e. The van der Waals surface area contributed by atoms with Crippen LogP contribution in [0.4, 0.5) is 0 Å². The SMILES string of the molecule is C=C(N=C(C=N)c1ccc2ccccc2n1)O/C(C)=C/C=C(C)C. The van der Waals surface area contributed by atoms with Gasteiger partial charge in [0.2, 0.25) is 5.88 Å². The van der Waals surface area contributed by atoms with Gasteiger partial charge in [0, 0.05) is 11.6 Å². The fourth-order valence-corrected chi connectivity index (χ4v) is 2.03. The summed E-state index contributed by atoms with van der Waals surface area (Å²) in [6.45, 7) is 9.65. The van der Waals surface area contributed by atoms with Crippen LogP contribution in [-0.2, 0) is 4.74 Å². The first kappa shape index (κ1) is 17.3. The third kappa shape index (κ3) is 4.74. The van der Waals surface area contributed by atoms with Crippen molar-refractivity contribution < 1.29 is 4.74 Å². The van der Waals surface area contributed by atoms with Gasteiger partial charge in [-0.05, 0) is 45.6 Å². The van der Waals surface area contributed by atoms with E-state index in [9.17, 15) is 0 Å². The van der Waals surface area contributed by atoms with Crippen molar-refractivity contribution in [1.82, 2.24) is 4.98 Å². The van der Waals surface area contributed by atoms with Crippen LogP contribution >= 0.6 is 0 Å². The Bertz CT molecular complexity index is 856. The Morgan fingerprint density at radius 2 is 1.88 bits per heavy atom. The Kier molecular flexibility index (Phi) is 5.79. The van der Waals surface area contributed by atoms with E-state index in [4.69, 9.17) is 10.1 Å². The number of pyridine rings is 1. The van der Waals surface area contributed by atoms with Gasteiger partial charge in [-0.2, -0.15) is 0 Å². The van der Waals surface area contributed by atoms with E-state index in [1.54, 1.807) is 0 Å². The molecule has 4 heteroatoms. The van der Waals surface area contributed by atoms with E-state index in [1.165, 1.54) is 5.57 Å². The second-order valence-corrected chi connectivity index (χ2v) is 5.55. The van der Waals surface area contributed by atoms with Crippen LogP contribution in [0.5, 0.6) is 0 Å². The molecule has 0 aliphatic heterocycles. The molecule has 0 amide bonds. The first-order chi connectivity index (χ1) is 11.5. The Morgan fingerprint density at radius 1 is 1.12 bits per heavy atom. The highest BCUT2D eigenvalue weighted by atomic mass is 16.5. The van der Waals surface area contributed by atoms with Gasteiger partial charge in [-0.15, -0.1) is 0 Å². The summed E-state index contributed by atoms with van der Waals surface area (Å²) in [7, 11) is 0. The van der Waals surface area contributed by atoms with Crippen LogP contribution in [0.2, 0.25) is 0 Å². The van der Waals surface area contributed by atoms with Gasteiger partial charge in [0.05, 0.1) is 11.2 Å². The molecule has 0 aliphatic carbocycles. The van der Waals surface area contributed by atoms with Gasteiger partial charge >= 0.3 is 0 Å². The molecule has 0 unspecified atom stereocenters. The van der Waals surface area contributed by atoms with Crippen LogP contribution in [0.25, 0.3) is 10.9 Å². The Labute approximate surface area is 142 Å². The minimum atomic E-state index is 0.222. The van der Waals surface area contributed by atoms with Crippen molar-refractivity contribution in [3.05, 3.63) is 78.0 Å². The molecule has 2 rings (SSSR count). The number of nitrogens with one attached hydrogen (secondary N) is 1. The number of nitrogens with zero attached hydrogens (tertiary/aromatic N) is 2. The molecule has 0 saturated carbocycles. The lowest BCUT2D eigenvalue weighted by Gasteiger charge is -2.06. The molecule has 0 fully saturated rings. The molecule has 0 saturated heterocycles. The summed E-state index contributed by atoms with van der Waals surface area (Å²) in [5.74, 6) is 0.903. The fraction of sp³-hybridized carbons (Fsp3) is 0.150. The minimum absolute atomic E-state index is 0.222. The van der Waals surface area contributed by atoms with Crippen molar-refractivity contribution >= 4 is 22.8 Å². The summed E-state index contributed by atoms with van der Waals surface area (Å²) in [5, 5.41) is 8.64. The van der Waals surface area contributed by atoms with E-state index in [0.29, 0.717) is 17.2 Å². The number of hydrogen-bond acceptors (Lipinski definition) is 4. The highest BCUT2D eigenvalue weighted by Crippen LogP contribution is 2.13. The Hall–Kier alpha value is -3.01. The molecular weight excluding hydrogens is 298 g/mol. The third-order valence-corrected chi connectivity index (χ3v) is 3.17. The van der Waals surface area contributed by atoms with Crippen LogP contribution in [0.3, 0.4) is 0 Å². The molecule has 24 heavy (non-hydrogen) atoms. The standard InChI is InChI=1S/C20H21N3O/c1-14(2)9-10-15(3)24-16(4)22-20(13-21)19-12-11-17-7-5-6-8-18(17)23-19/h5-13,21H,4H2,1-3H3/b15-10+,21-13?,22-20?. The number of aliphatic imine (C=N–C) groups is 1. The molecule has 0 radical (unpaired) electrons. The lowest BCUT2D eigenvalue weighted by Crippen LogP contribution is -2.06. The molecule has 0 atom stereocenters.